The highest BCUT2D eigenvalue weighted by molar-refractivity contribution is 5.92. The zero-order chi connectivity index (χ0) is 14.6. The second-order valence-corrected chi connectivity index (χ2v) is 5.79. The van der Waals surface area contributed by atoms with Crippen molar-refractivity contribution in [2.75, 3.05) is 18.9 Å². The molecule has 1 aliphatic carbocycles. The summed E-state index contributed by atoms with van der Waals surface area (Å²) >= 11 is 0. The molecule has 20 heavy (non-hydrogen) atoms. The van der Waals surface area contributed by atoms with Gasteiger partial charge in [-0.25, -0.2) is 0 Å². The number of nitrogens with zero attached hydrogens (tertiary/aromatic N) is 1. The fourth-order valence-electron chi connectivity index (χ4n) is 2.85. The molecule has 5 nitrogen and oxygen atoms in total. The first-order chi connectivity index (χ1) is 9.52. The molecule has 0 bridgehead atoms. The minimum atomic E-state index is -0.645. The third kappa shape index (κ3) is 3.70. The lowest BCUT2D eigenvalue weighted by Crippen LogP contribution is -2.41. The quantitative estimate of drug-likeness (QED) is 0.784. The zero-order valence-electron chi connectivity index (χ0n) is 12.1. The number of pyridine rings is 1. The number of carbonyl (C=O) groups is 1. The number of nitrogens with one attached hydrogen (secondary N) is 2. The van der Waals surface area contributed by atoms with Crippen LogP contribution in [0.4, 0.5) is 5.69 Å². The number of rotatable bonds is 4. The topological polar surface area (TPSA) is 74.2 Å². The summed E-state index contributed by atoms with van der Waals surface area (Å²) in [5.41, 5.74) is 0.542. The Balaban J connectivity index is 1.98. The van der Waals surface area contributed by atoms with Gasteiger partial charge in [-0.2, -0.15) is 0 Å². The maximum atomic E-state index is 11.5. The van der Waals surface area contributed by atoms with E-state index in [-0.39, 0.29) is 5.91 Å². The van der Waals surface area contributed by atoms with Gasteiger partial charge in [-0.3, -0.25) is 9.78 Å². The number of carbonyl (C=O) groups excluding carboxylic acids is 1. The van der Waals surface area contributed by atoms with Crippen molar-refractivity contribution in [3.8, 4) is 0 Å². The Morgan fingerprint density at radius 3 is 3.10 bits per heavy atom. The standard InChI is InChI=1S/C15H23N3O2/c1-11-4-3-6-15(20,9-11)10-18-12-5-7-17-13(8-12)14(19)16-2/h5,7-8,11,20H,3-4,6,9-10H2,1-2H3,(H,16,19)(H,17,18). The molecule has 1 saturated carbocycles. The van der Waals surface area contributed by atoms with Gasteiger partial charge in [0.15, 0.2) is 0 Å². The van der Waals surface area contributed by atoms with Crippen molar-refractivity contribution in [2.45, 2.75) is 38.2 Å². The molecule has 5 heteroatoms. The lowest BCUT2D eigenvalue weighted by molar-refractivity contribution is -0.000764. The monoisotopic (exact) mass is 277 g/mol. The van der Waals surface area contributed by atoms with Crippen LogP contribution < -0.4 is 10.6 Å². The van der Waals surface area contributed by atoms with Crippen LogP contribution in [0.2, 0.25) is 0 Å². The molecule has 1 fully saturated rings. The first kappa shape index (κ1) is 14.8. The van der Waals surface area contributed by atoms with Crippen molar-refractivity contribution in [1.82, 2.24) is 10.3 Å². The molecule has 1 amide bonds. The molecule has 0 aromatic carbocycles. The van der Waals surface area contributed by atoms with Gasteiger partial charge in [0, 0.05) is 25.5 Å². The van der Waals surface area contributed by atoms with Crippen LogP contribution in [0.5, 0.6) is 0 Å². The molecule has 1 heterocycles. The molecule has 2 unspecified atom stereocenters. The van der Waals surface area contributed by atoms with Crippen LogP contribution in [0.1, 0.15) is 43.1 Å². The summed E-state index contributed by atoms with van der Waals surface area (Å²) in [5, 5.41) is 16.3. The van der Waals surface area contributed by atoms with E-state index in [9.17, 15) is 9.90 Å². The lowest BCUT2D eigenvalue weighted by Gasteiger charge is -2.35. The molecule has 110 valence electrons. The van der Waals surface area contributed by atoms with E-state index in [0.29, 0.717) is 18.2 Å². The van der Waals surface area contributed by atoms with Crippen LogP contribution in [0.15, 0.2) is 18.3 Å². The van der Waals surface area contributed by atoms with Gasteiger partial charge in [0.25, 0.3) is 5.91 Å². The molecule has 0 saturated heterocycles. The molecule has 2 atom stereocenters. The summed E-state index contributed by atoms with van der Waals surface area (Å²) in [5.74, 6) is 0.355. The summed E-state index contributed by atoms with van der Waals surface area (Å²) in [6.07, 6.45) is 5.52. The highest BCUT2D eigenvalue weighted by Gasteiger charge is 2.32. The van der Waals surface area contributed by atoms with E-state index in [4.69, 9.17) is 0 Å². The van der Waals surface area contributed by atoms with Gasteiger partial charge in [0.1, 0.15) is 5.69 Å². The second kappa shape index (κ2) is 6.22. The summed E-state index contributed by atoms with van der Waals surface area (Å²) in [7, 11) is 1.58. The first-order valence-electron chi connectivity index (χ1n) is 7.17. The maximum Gasteiger partial charge on any atom is 0.269 e. The highest BCUT2D eigenvalue weighted by atomic mass is 16.3. The van der Waals surface area contributed by atoms with E-state index in [1.165, 1.54) is 6.42 Å². The van der Waals surface area contributed by atoms with Crippen molar-refractivity contribution < 1.29 is 9.90 Å². The minimum Gasteiger partial charge on any atom is -0.388 e. The van der Waals surface area contributed by atoms with Gasteiger partial charge in [-0.1, -0.05) is 19.8 Å². The van der Waals surface area contributed by atoms with Crippen LogP contribution >= 0.6 is 0 Å². The van der Waals surface area contributed by atoms with Gasteiger partial charge >= 0.3 is 0 Å². The molecule has 1 aromatic rings. The molecule has 1 aliphatic rings. The normalized spacial score (nSPS) is 26.1. The molecule has 0 aliphatic heterocycles. The molecule has 1 aromatic heterocycles. The summed E-state index contributed by atoms with van der Waals surface area (Å²) in [6.45, 7) is 2.69. The summed E-state index contributed by atoms with van der Waals surface area (Å²) in [6, 6.07) is 3.51. The Labute approximate surface area is 119 Å². The third-order valence-electron chi connectivity index (χ3n) is 3.91. The Kier molecular flexibility index (Phi) is 4.60. The molecule has 0 radical (unpaired) electrons. The molecule has 2 rings (SSSR count). The smallest absolute Gasteiger partial charge is 0.269 e. The van der Waals surface area contributed by atoms with Gasteiger partial charge in [0.2, 0.25) is 0 Å². The van der Waals surface area contributed by atoms with Crippen LogP contribution in [0, 0.1) is 5.92 Å². The van der Waals surface area contributed by atoms with Crippen LogP contribution in [0.25, 0.3) is 0 Å². The highest BCUT2D eigenvalue weighted by Crippen LogP contribution is 2.32. The van der Waals surface area contributed by atoms with Crippen molar-refractivity contribution in [3.63, 3.8) is 0 Å². The average molecular weight is 277 g/mol. The molecule has 0 spiro atoms. The molecule has 3 N–H and O–H groups in total. The van der Waals surface area contributed by atoms with E-state index < -0.39 is 5.60 Å². The Morgan fingerprint density at radius 2 is 2.40 bits per heavy atom. The molecular weight excluding hydrogens is 254 g/mol. The van der Waals surface area contributed by atoms with E-state index in [1.807, 2.05) is 6.07 Å². The van der Waals surface area contributed by atoms with E-state index in [1.54, 1.807) is 19.3 Å². The van der Waals surface area contributed by atoms with Crippen molar-refractivity contribution in [2.24, 2.45) is 5.92 Å². The van der Waals surface area contributed by atoms with E-state index in [0.717, 1.165) is 24.9 Å². The van der Waals surface area contributed by atoms with Crippen molar-refractivity contribution in [3.05, 3.63) is 24.0 Å². The van der Waals surface area contributed by atoms with Crippen molar-refractivity contribution >= 4 is 11.6 Å². The van der Waals surface area contributed by atoms with Gasteiger partial charge < -0.3 is 15.7 Å². The van der Waals surface area contributed by atoms with E-state index in [2.05, 4.69) is 22.5 Å². The first-order valence-corrected chi connectivity index (χ1v) is 7.17. The zero-order valence-corrected chi connectivity index (χ0v) is 12.1. The minimum absolute atomic E-state index is 0.210. The van der Waals surface area contributed by atoms with Gasteiger partial charge in [0.05, 0.1) is 5.60 Å². The Hall–Kier alpha value is -1.62. The number of aliphatic hydroxyl groups is 1. The Bertz CT molecular complexity index is 478. The SMILES string of the molecule is CNC(=O)c1cc(NCC2(O)CCCC(C)C2)ccn1. The predicted octanol–water partition coefficient (Wildman–Crippen LogP) is 1.79. The van der Waals surface area contributed by atoms with Gasteiger partial charge in [-0.15, -0.1) is 0 Å². The fourth-order valence-corrected chi connectivity index (χ4v) is 2.85. The number of amides is 1. The largest absolute Gasteiger partial charge is 0.388 e. The van der Waals surface area contributed by atoms with Crippen LogP contribution in [-0.4, -0.2) is 35.2 Å². The van der Waals surface area contributed by atoms with Crippen molar-refractivity contribution in [1.29, 1.82) is 0 Å². The average Bonchev–Trinajstić information content (AvgIpc) is 2.44. The Morgan fingerprint density at radius 1 is 1.60 bits per heavy atom. The van der Waals surface area contributed by atoms with E-state index >= 15 is 0 Å². The number of anilines is 1. The van der Waals surface area contributed by atoms with Crippen LogP contribution in [0.3, 0.4) is 0 Å². The summed E-state index contributed by atoms with van der Waals surface area (Å²) in [4.78, 5) is 15.5. The summed E-state index contributed by atoms with van der Waals surface area (Å²) < 4.78 is 0. The lowest BCUT2D eigenvalue weighted by atomic mass is 9.79. The second-order valence-electron chi connectivity index (χ2n) is 5.79. The number of aromatic nitrogens is 1. The van der Waals surface area contributed by atoms with Gasteiger partial charge in [-0.05, 0) is 30.9 Å². The predicted molar refractivity (Wildman–Crippen MR) is 78.7 cm³/mol. The number of hydrogen-bond donors (Lipinski definition) is 3. The molecular formula is C15H23N3O2. The fraction of sp³-hybridized carbons (Fsp3) is 0.600. The third-order valence-corrected chi connectivity index (χ3v) is 3.91. The van der Waals surface area contributed by atoms with Crippen LogP contribution in [-0.2, 0) is 0 Å². The number of hydrogen-bond acceptors (Lipinski definition) is 4. The maximum absolute atomic E-state index is 11.5.